The number of hydrogen-bond donors (Lipinski definition) is 2. The van der Waals surface area contributed by atoms with Crippen LogP contribution in [0.25, 0.3) is 0 Å². The normalized spacial score (nSPS) is 22.2. The fourth-order valence-corrected chi connectivity index (χ4v) is 2.69. The average Bonchev–Trinajstić information content (AvgIpc) is 2.27. The fourth-order valence-electron chi connectivity index (χ4n) is 2.69. The smallest absolute Gasteiger partial charge is 0.0817 e. The highest BCUT2D eigenvalue weighted by molar-refractivity contribution is 4.87. The van der Waals surface area contributed by atoms with E-state index in [0.717, 1.165) is 25.9 Å². The molecular weight excluding hydrogens is 228 g/mol. The Morgan fingerprint density at radius 3 is 2.44 bits per heavy atom. The van der Waals surface area contributed by atoms with Crippen LogP contribution in [0, 0.1) is 5.41 Å². The number of rotatable bonds is 6. The molecule has 2 N–H and O–H groups in total. The number of nitrogens with one attached hydrogen (secondary N) is 1. The molecule has 0 radical (unpaired) electrons. The summed E-state index contributed by atoms with van der Waals surface area (Å²) in [5.74, 6) is 0. The van der Waals surface area contributed by atoms with Gasteiger partial charge in [-0.3, -0.25) is 0 Å². The Balaban J connectivity index is 2.47. The lowest BCUT2D eigenvalue weighted by Crippen LogP contribution is -2.50. The van der Waals surface area contributed by atoms with Crippen LogP contribution in [0.4, 0.5) is 0 Å². The van der Waals surface area contributed by atoms with Crippen LogP contribution in [-0.2, 0) is 4.74 Å². The minimum Gasteiger partial charge on any atom is -0.388 e. The molecule has 108 valence electrons. The van der Waals surface area contributed by atoms with Crippen molar-refractivity contribution in [3.63, 3.8) is 0 Å². The SMILES string of the molecule is CNC(C)C(C)(C)CN(C)CC1(O)CCOCC1. The Kier molecular flexibility index (Phi) is 5.59. The number of nitrogens with zero attached hydrogens (tertiary/aromatic N) is 1. The van der Waals surface area contributed by atoms with Gasteiger partial charge in [-0.25, -0.2) is 0 Å². The number of hydrogen-bond acceptors (Lipinski definition) is 4. The molecule has 0 bridgehead atoms. The van der Waals surface area contributed by atoms with E-state index < -0.39 is 5.60 Å². The molecule has 1 unspecified atom stereocenters. The summed E-state index contributed by atoms with van der Waals surface area (Å²) >= 11 is 0. The summed E-state index contributed by atoms with van der Waals surface area (Å²) < 4.78 is 5.31. The minimum atomic E-state index is -0.564. The second-order valence-corrected chi connectivity index (χ2v) is 6.51. The lowest BCUT2D eigenvalue weighted by Gasteiger charge is -2.40. The molecule has 4 nitrogen and oxygen atoms in total. The zero-order valence-electron chi connectivity index (χ0n) is 12.6. The van der Waals surface area contributed by atoms with Gasteiger partial charge in [0.15, 0.2) is 0 Å². The van der Waals surface area contributed by atoms with Crippen LogP contribution in [0.15, 0.2) is 0 Å². The van der Waals surface area contributed by atoms with E-state index >= 15 is 0 Å². The summed E-state index contributed by atoms with van der Waals surface area (Å²) in [4.78, 5) is 2.25. The number of ether oxygens (including phenoxy) is 1. The predicted octanol–water partition coefficient (Wildman–Crippen LogP) is 1.09. The molecule has 1 atom stereocenters. The molecule has 1 aliphatic heterocycles. The fraction of sp³-hybridized carbons (Fsp3) is 1.00. The largest absolute Gasteiger partial charge is 0.388 e. The van der Waals surface area contributed by atoms with E-state index in [1.54, 1.807) is 0 Å². The van der Waals surface area contributed by atoms with E-state index in [1.165, 1.54) is 0 Å². The van der Waals surface area contributed by atoms with Crippen molar-refractivity contribution in [1.82, 2.24) is 10.2 Å². The van der Waals surface area contributed by atoms with E-state index in [2.05, 4.69) is 38.0 Å². The van der Waals surface area contributed by atoms with E-state index in [1.807, 2.05) is 7.05 Å². The van der Waals surface area contributed by atoms with Gasteiger partial charge < -0.3 is 20.1 Å². The molecule has 0 aromatic rings. The van der Waals surface area contributed by atoms with Gasteiger partial charge in [0, 0.05) is 45.2 Å². The minimum absolute atomic E-state index is 0.186. The van der Waals surface area contributed by atoms with Gasteiger partial charge in [0.05, 0.1) is 5.60 Å². The highest BCUT2D eigenvalue weighted by Gasteiger charge is 2.33. The van der Waals surface area contributed by atoms with Gasteiger partial charge in [-0.2, -0.15) is 0 Å². The van der Waals surface area contributed by atoms with Crippen molar-refractivity contribution in [1.29, 1.82) is 0 Å². The predicted molar refractivity (Wildman–Crippen MR) is 74.8 cm³/mol. The van der Waals surface area contributed by atoms with Crippen molar-refractivity contribution >= 4 is 0 Å². The van der Waals surface area contributed by atoms with Gasteiger partial charge >= 0.3 is 0 Å². The highest BCUT2D eigenvalue weighted by Crippen LogP contribution is 2.25. The summed E-state index contributed by atoms with van der Waals surface area (Å²) in [6, 6.07) is 0.448. The van der Waals surface area contributed by atoms with Gasteiger partial charge in [-0.05, 0) is 26.4 Å². The van der Waals surface area contributed by atoms with Crippen LogP contribution >= 0.6 is 0 Å². The van der Waals surface area contributed by atoms with Gasteiger partial charge in [-0.15, -0.1) is 0 Å². The van der Waals surface area contributed by atoms with Crippen LogP contribution < -0.4 is 5.32 Å². The molecule has 1 aliphatic rings. The molecule has 0 aromatic heterocycles. The molecule has 1 rings (SSSR count). The molecule has 1 heterocycles. The van der Waals surface area contributed by atoms with Crippen LogP contribution in [-0.4, -0.2) is 62.0 Å². The second-order valence-electron chi connectivity index (χ2n) is 6.51. The summed E-state index contributed by atoms with van der Waals surface area (Å²) in [6.07, 6.45) is 1.50. The molecule has 4 heteroatoms. The Hall–Kier alpha value is -0.160. The molecular formula is C14H30N2O2. The standard InChI is InChI=1S/C14H30N2O2/c1-12(15-4)13(2,3)10-16(5)11-14(17)6-8-18-9-7-14/h12,15,17H,6-11H2,1-5H3. The molecule has 1 fully saturated rings. The lowest BCUT2D eigenvalue weighted by atomic mass is 9.84. The Morgan fingerprint density at radius 1 is 1.39 bits per heavy atom. The van der Waals surface area contributed by atoms with Crippen LogP contribution in [0.5, 0.6) is 0 Å². The van der Waals surface area contributed by atoms with Crippen molar-refractivity contribution in [2.75, 3.05) is 40.4 Å². The molecule has 0 spiro atoms. The van der Waals surface area contributed by atoms with Gasteiger partial charge in [0.25, 0.3) is 0 Å². The third kappa shape index (κ3) is 4.50. The third-order valence-corrected chi connectivity index (χ3v) is 4.27. The van der Waals surface area contributed by atoms with Crippen LogP contribution in [0.2, 0.25) is 0 Å². The average molecular weight is 258 g/mol. The second kappa shape index (κ2) is 6.33. The van der Waals surface area contributed by atoms with Crippen molar-refractivity contribution < 1.29 is 9.84 Å². The third-order valence-electron chi connectivity index (χ3n) is 4.27. The summed E-state index contributed by atoms with van der Waals surface area (Å²) in [6.45, 7) is 9.80. The summed E-state index contributed by atoms with van der Waals surface area (Å²) in [5, 5.41) is 13.8. The summed E-state index contributed by atoms with van der Waals surface area (Å²) in [5.41, 5.74) is -0.378. The maximum Gasteiger partial charge on any atom is 0.0817 e. The van der Waals surface area contributed by atoms with E-state index in [-0.39, 0.29) is 5.41 Å². The monoisotopic (exact) mass is 258 g/mol. The van der Waals surface area contributed by atoms with E-state index in [4.69, 9.17) is 4.74 Å². The maximum absolute atomic E-state index is 10.5. The first kappa shape index (κ1) is 15.9. The molecule has 1 saturated heterocycles. The first-order valence-electron chi connectivity index (χ1n) is 6.95. The highest BCUT2D eigenvalue weighted by atomic mass is 16.5. The molecule has 0 aliphatic carbocycles. The quantitative estimate of drug-likeness (QED) is 0.749. The van der Waals surface area contributed by atoms with E-state index in [9.17, 15) is 5.11 Å². The molecule has 18 heavy (non-hydrogen) atoms. The van der Waals surface area contributed by atoms with Crippen LogP contribution in [0.1, 0.15) is 33.6 Å². The first-order valence-corrected chi connectivity index (χ1v) is 6.95. The zero-order chi connectivity index (χ0) is 13.8. The van der Waals surface area contributed by atoms with Gasteiger partial charge in [0.2, 0.25) is 0 Å². The number of likely N-dealkylation sites (N-methyl/N-ethyl adjacent to an activating group) is 1. The van der Waals surface area contributed by atoms with Crippen molar-refractivity contribution in [2.24, 2.45) is 5.41 Å². The Bertz CT molecular complexity index is 243. The van der Waals surface area contributed by atoms with E-state index in [0.29, 0.717) is 19.3 Å². The summed E-state index contributed by atoms with van der Waals surface area (Å²) in [7, 11) is 4.09. The van der Waals surface area contributed by atoms with Gasteiger partial charge in [-0.1, -0.05) is 13.8 Å². The molecule has 0 amide bonds. The van der Waals surface area contributed by atoms with Crippen molar-refractivity contribution in [2.45, 2.75) is 45.3 Å². The first-order chi connectivity index (χ1) is 8.29. The van der Waals surface area contributed by atoms with Gasteiger partial charge in [0.1, 0.15) is 0 Å². The Morgan fingerprint density at radius 2 is 1.94 bits per heavy atom. The van der Waals surface area contributed by atoms with Crippen molar-refractivity contribution in [3.8, 4) is 0 Å². The van der Waals surface area contributed by atoms with Crippen LogP contribution in [0.3, 0.4) is 0 Å². The Labute approximate surface area is 112 Å². The topological polar surface area (TPSA) is 44.7 Å². The molecule has 0 aromatic carbocycles. The molecule has 0 saturated carbocycles. The number of aliphatic hydroxyl groups is 1. The van der Waals surface area contributed by atoms with Crippen molar-refractivity contribution in [3.05, 3.63) is 0 Å². The lowest BCUT2D eigenvalue weighted by molar-refractivity contribution is -0.0801. The maximum atomic E-state index is 10.5. The zero-order valence-corrected chi connectivity index (χ0v) is 12.6.